The number of aromatic nitrogens is 2. The first-order valence-electron chi connectivity index (χ1n) is 6.77. The minimum Gasteiger partial charge on any atom is -0.374 e. The summed E-state index contributed by atoms with van der Waals surface area (Å²) in [6.45, 7) is 10.7. The fraction of sp³-hybridized carbons (Fsp3) is 0.769. The molecule has 0 aliphatic heterocycles. The van der Waals surface area contributed by atoms with Gasteiger partial charge in [0.15, 0.2) is 0 Å². The van der Waals surface area contributed by atoms with Gasteiger partial charge >= 0.3 is 0 Å². The molecule has 1 heterocycles. The van der Waals surface area contributed by atoms with Crippen molar-refractivity contribution in [3.05, 3.63) is 11.4 Å². The summed E-state index contributed by atoms with van der Waals surface area (Å²) in [6.07, 6.45) is 1.09. The van der Waals surface area contributed by atoms with Crippen molar-refractivity contribution in [1.82, 2.24) is 9.78 Å². The van der Waals surface area contributed by atoms with E-state index in [2.05, 4.69) is 5.10 Å². The van der Waals surface area contributed by atoms with Crippen molar-refractivity contribution in [3.8, 4) is 0 Å². The van der Waals surface area contributed by atoms with Crippen molar-refractivity contribution in [2.45, 2.75) is 64.5 Å². The van der Waals surface area contributed by atoms with Gasteiger partial charge in [0.2, 0.25) is 0 Å². The number of nitrogens with zero attached hydrogens (tertiary/aromatic N) is 2. The third-order valence-corrected chi connectivity index (χ3v) is 4.25. The highest BCUT2D eigenvalue weighted by atomic mass is 35.7. The van der Waals surface area contributed by atoms with Crippen LogP contribution in [-0.2, 0) is 33.2 Å². The number of aryl methyl sites for hydroxylation is 1. The van der Waals surface area contributed by atoms with Crippen molar-refractivity contribution in [3.63, 3.8) is 0 Å². The Hall–Kier alpha value is -0.590. The van der Waals surface area contributed by atoms with Gasteiger partial charge in [-0.25, -0.2) is 8.42 Å². The molecule has 7 heteroatoms. The molecule has 1 aromatic heterocycles. The predicted molar refractivity (Wildman–Crippen MR) is 79.7 cm³/mol. The molecule has 0 bridgehead atoms. The van der Waals surface area contributed by atoms with Gasteiger partial charge in [0.25, 0.3) is 9.05 Å². The minimum atomic E-state index is -3.77. The van der Waals surface area contributed by atoms with Crippen LogP contribution >= 0.6 is 10.7 Å². The Morgan fingerprint density at radius 3 is 2.25 bits per heavy atom. The smallest absolute Gasteiger partial charge is 0.264 e. The van der Waals surface area contributed by atoms with E-state index in [4.69, 9.17) is 15.4 Å². The van der Waals surface area contributed by atoms with E-state index in [1.807, 2.05) is 34.6 Å². The number of hydrogen-bond acceptors (Lipinski definition) is 4. The number of ether oxygens (including phenoxy) is 1. The molecular formula is C13H23ClN2O3S. The molecule has 0 saturated heterocycles. The molecule has 20 heavy (non-hydrogen) atoms. The third kappa shape index (κ3) is 4.46. The standard InChI is InChI=1S/C13H23ClN2O3S/c1-6-10-12(20(14,17)18)11(7-2)16(15-10)8-9-19-13(3,4)5/h6-9H2,1-5H3. The maximum absolute atomic E-state index is 11.7. The zero-order chi connectivity index (χ0) is 15.6. The largest absolute Gasteiger partial charge is 0.374 e. The van der Waals surface area contributed by atoms with Crippen LogP contribution in [0.2, 0.25) is 0 Å². The molecule has 0 atom stereocenters. The lowest BCUT2D eigenvalue weighted by Gasteiger charge is -2.19. The van der Waals surface area contributed by atoms with E-state index in [9.17, 15) is 8.42 Å². The van der Waals surface area contributed by atoms with Gasteiger partial charge in [-0.2, -0.15) is 5.10 Å². The zero-order valence-electron chi connectivity index (χ0n) is 12.7. The lowest BCUT2D eigenvalue weighted by molar-refractivity contribution is -0.00819. The third-order valence-electron chi connectivity index (χ3n) is 2.83. The Kier molecular flexibility index (Phi) is 5.63. The van der Waals surface area contributed by atoms with Crippen LogP contribution in [0.1, 0.15) is 46.0 Å². The number of rotatable bonds is 6. The van der Waals surface area contributed by atoms with Crippen LogP contribution in [0.15, 0.2) is 4.90 Å². The van der Waals surface area contributed by atoms with Gasteiger partial charge in [0.05, 0.1) is 30.1 Å². The summed E-state index contributed by atoms with van der Waals surface area (Å²) in [5.41, 5.74) is 0.941. The number of hydrogen-bond donors (Lipinski definition) is 0. The molecule has 0 spiro atoms. The molecule has 5 nitrogen and oxygen atoms in total. The van der Waals surface area contributed by atoms with Gasteiger partial charge in [0.1, 0.15) is 4.90 Å². The predicted octanol–water partition coefficient (Wildman–Crippen LogP) is 2.75. The van der Waals surface area contributed by atoms with Gasteiger partial charge in [-0.3, -0.25) is 4.68 Å². The summed E-state index contributed by atoms with van der Waals surface area (Å²) in [6, 6.07) is 0. The topological polar surface area (TPSA) is 61.2 Å². The average molecular weight is 323 g/mol. The Morgan fingerprint density at radius 2 is 1.85 bits per heavy atom. The molecule has 1 aromatic rings. The van der Waals surface area contributed by atoms with Crippen LogP contribution in [0.4, 0.5) is 0 Å². The first-order chi connectivity index (χ1) is 9.10. The minimum absolute atomic E-state index is 0.167. The fourth-order valence-electron chi connectivity index (χ4n) is 2.01. The van der Waals surface area contributed by atoms with E-state index in [0.717, 1.165) is 0 Å². The van der Waals surface area contributed by atoms with Crippen molar-refractivity contribution in [2.75, 3.05) is 6.61 Å². The number of halogens is 1. The normalized spacial score (nSPS) is 12.9. The lowest BCUT2D eigenvalue weighted by Crippen LogP contribution is -2.22. The van der Waals surface area contributed by atoms with E-state index >= 15 is 0 Å². The van der Waals surface area contributed by atoms with Crippen LogP contribution in [0.5, 0.6) is 0 Å². The zero-order valence-corrected chi connectivity index (χ0v) is 14.3. The second kappa shape index (κ2) is 6.45. The lowest BCUT2D eigenvalue weighted by atomic mass is 10.2. The SMILES string of the molecule is CCc1nn(CCOC(C)(C)C)c(CC)c1S(=O)(=O)Cl. The molecule has 0 unspecified atom stereocenters. The van der Waals surface area contributed by atoms with E-state index in [0.29, 0.717) is 37.4 Å². The van der Waals surface area contributed by atoms with Gasteiger partial charge in [-0.05, 0) is 33.6 Å². The molecule has 0 radical (unpaired) electrons. The molecule has 0 aliphatic rings. The van der Waals surface area contributed by atoms with Crippen molar-refractivity contribution in [2.24, 2.45) is 0 Å². The van der Waals surface area contributed by atoms with Crippen LogP contribution in [-0.4, -0.2) is 30.4 Å². The summed E-state index contributed by atoms with van der Waals surface area (Å²) >= 11 is 0. The van der Waals surface area contributed by atoms with Crippen LogP contribution in [0.25, 0.3) is 0 Å². The second-order valence-corrected chi connectivity index (χ2v) is 8.05. The summed E-state index contributed by atoms with van der Waals surface area (Å²) < 4.78 is 30.8. The summed E-state index contributed by atoms with van der Waals surface area (Å²) in [5.74, 6) is 0. The van der Waals surface area contributed by atoms with Gasteiger partial charge in [-0.1, -0.05) is 13.8 Å². The van der Waals surface area contributed by atoms with E-state index in [-0.39, 0.29) is 10.5 Å². The Balaban J connectivity index is 3.07. The molecule has 0 N–H and O–H groups in total. The molecule has 116 valence electrons. The quantitative estimate of drug-likeness (QED) is 0.756. The second-order valence-electron chi connectivity index (χ2n) is 5.55. The molecule has 0 fully saturated rings. The van der Waals surface area contributed by atoms with Crippen molar-refractivity contribution in [1.29, 1.82) is 0 Å². The maximum atomic E-state index is 11.7. The Bertz CT molecular complexity index is 559. The summed E-state index contributed by atoms with van der Waals surface area (Å²) in [4.78, 5) is 0.167. The molecule has 0 aromatic carbocycles. The highest BCUT2D eigenvalue weighted by molar-refractivity contribution is 8.13. The monoisotopic (exact) mass is 322 g/mol. The van der Waals surface area contributed by atoms with Crippen molar-refractivity contribution < 1.29 is 13.2 Å². The van der Waals surface area contributed by atoms with Crippen molar-refractivity contribution >= 4 is 19.7 Å². The highest BCUT2D eigenvalue weighted by Gasteiger charge is 2.25. The first-order valence-corrected chi connectivity index (χ1v) is 9.08. The van der Waals surface area contributed by atoms with Gasteiger partial charge in [-0.15, -0.1) is 0 Å². The summed E-state index contributed by atoms with van der Waals surface area (Å²) in [5, 5.41) is 4.36. The van der Waals surface area contributed by atoms with E-state index in [1.165, 1.54) is 0 Å². The average Bonchev–Trinajstić information content (AvgIpc) is 2.65. The first kappa shape index (κ1) is 17.5. The van der Waals surface area contributed by atoms with Crippen LogP contribution in [0.3, 0.4) is 0 Å². The molecule has 1 rings (SSSR count). The highest BCUT2D eigenvalue weighted by Crippen LogP contribution is 2.25. The van der Waals surface area contributed by atoms with Crippen LogP contribution in [0, 0.1) is 0 Å². The fourth-order valence-corrected chi connectivity index (χ4v) is 3.55. The maximum Gasteiger partial charge on any atom is 0.264 e. The molecular weight excluding hydrogens is 300 g/mol. The van der Waals surface area contributed by atoms with Gasteiger partial charge in [0, 0.05) is 10.7 Å². The van der Waals surface area contributed by atoms with Crippen LogP contribution < -0.4 is 0 Å². The molecule has 0 aliphatic carbocycles. The Morgan fingerprint density at radius 1 is 1.25 bits per heavy atom. The summed E-state index contributed by atoms with van der Waals surface area (Å²) in [7, 11) is 1.76. The van der Waals surface area contributed by atoms with E-state index in [1.54, 1.807) is 4.68 Å². The molecule has 0 amide bonds. The molecule has 0 saturated carbocycles. The van der Waals surface area contributed by atoms with E-state index < -0.39 is 9.05 Å². The Labute approximate surface area is 125 Å². The van der Waals surface area contributed by atoms with Gasteiger partial charge < -0.3 is 4.74 Å².